The van der Waals surface area contributed by atoms with Gasteiger partial charge < -0.3 is 21.2 Å². The van der Waals surface area contributed by atoms with Gasteiger partial charge >= 0.3 is 0 Å². The highest BCUT2D eigenvalue weighted by Gasteiger charge is 2.29. The van der Waals surface area contributed by atoms with Crippen LogP contribution in [0.4, 0.5) is 11.8 Å². The normalized spacial score (nSPS) is 15.4. The summed E-state index contributed by atoms with van der Waals surface area (Å²) in [6.45, 7) is 2.63. The van der Waals surface area contributed by atoms with Crippen LogP contribution < -0.4 is 16.2 Å². The second-order valence-corrected chi connectivity index (χ2v) is 6.69. The second-order valence-electron chi connectivity index (χ2n) is 6.69. The molecular formula is C19H23N5O. The lowest BCUT2D eigenvalue weighted by Crippen LogP contribution is -2.10. The number of fused-ring (bicyclic) bond motifs is 1. The summed E-state index contributed by atoms with van der Waals surface area (Å²) in [5, 5.41) is 1.09. The van der Waals surface area contributed by atoms with E-state index in [4.69, 9.17) is 16.2 Å². The maximum Gasteiger partial charge on any atom is 0.221 e. The lowest BCUT2D eigenvalue weighted by atomic mass is 9.87. The van der Waals surface area contributed by atoms with Crippen molar-refractivity contribution in [2.24, 2.45) is 5.92 Å². The standard InChI is InChI=1S/C19H23N5O/c1-2-25-17-9-12(8-16-13(17)5-6-22-16)14(7-11-3-4-11)15-10-23-19(21)24-18(15)20/h5-6,8-11,14,22H,2-4,7H2,1H3,(H4,20,21,23,24). The SMILES string of the molecule is CCOc1cc(C(CC2CC2)c2cnc(N)nc2N)cc2[nH]ccc12. The second kappa shape index (κ2) is 6.27. The van der Waals surface area contributed by atoms with E-state index in [2.05, 4.69) is 27.1 Å². The zero-order valence-corrected chi connectivity index (χ0v) is 14.3. The van der Waals surface area contributed by atoms with Gasteiger partial charge in [0.15, 0.2) is 0 Å². The number of anilines is 2. The number of rotatable bonds is 6. The molecular weight excluding hydrogens is 314 g/mol. The average Bonchev–Trinajstić information content (AvgIpc) is 3.27. The van der Waals surface area contributed by atoms with Crippen LogP contribution in [-0.4, -0.2) is 21.6 Å². The van der Waals surface area contributed by atoms with E-state index in [0.29, 0.717) is 12.4 Å². The maximum absolute atomic E-state index is 6.17. The van der Waals surface area contributed by atoms with Crippen molar-refractivity contribution in [1.82, 2.24) is 15.0 Å². The monoisotopic (exact) mass is 337 g/mol. The number of nitrogens with two attached hydrogens (primary N) is 2. The van der Waals surface area contributed by atoms with Crippen LogP contribution in [0.5, 0.6) is 5.75 Å². The van der Waals surface area contributed by atoms with Gasteiger partial charge in [-0.05, 0) is 43.0 Å². The Morgan fingerprint density at radius 2 is 2.16 bits per heavy atom. The maximum atomic E-state index is 6.17. The van der Waals surface area contributed by atoms with E-state index in [0.717, 1.165) is 34.6 Å². The first-order chi connectivity index (χ1) is 12.2. The first-order valence-corrected chi connectivity index (χ1v) is 8.77. The molecule has 5 N–H and O–H groups in total. The summed E-state index contributed by atoms with van der Waals surface area (Å²) < 4.78 is 5.87. The fraction of sp³-hybridized carbons (Fsp3) is 0.368. The van der Waals surface area contributed by atoms with Gasteiger partial charge in [-0.15, -0.1) is 0 Å². The molecule has 1 fully saturated rings. The Morgan fingerprint density at radius 1 is 1.32 bits per heavy atom. The van der Waals surface area contributed by atoms with Crippen molar-refractivity contribution in [1.29, 1.82) is 0 Å². The number of nitrogens with one attached hydrogen (secondary N) is 1. The molecule has 4 rings (SSSR count). The zero-order chi connectivity index (χ0) is 17.4. The van der Waals surface area contributed by atoms with Crippen LogP contribution in [0.25, 0.3) is 10.9 Å². The minimum atomic E-state index is 0.139. The van der Waals surface area contributed by atoms with E-state index >= 15 is 0 Å². The van der Waals surface area contributed by atoms with Crippen LogP contribution in [-0.2, 0) is 0 Å². The van der Waals surface area contributed by atoms with Gasteiger partial charge in [-0.25, -0.2) is 4.98 Å². The molecule has 3 aromatic rings. The minimum Gasteiger partial charge on any atom is -0.493 e. The van der Waals surface area contributed by atoms with Gasteiger partial charge in [0, 0.05) is 34.8 Å². The molecule has 0 saturated heterocycles. The Balaban J connectivity index is 1.82. The van der Waals surface area contributed by atoms with Gasteiger partial charge in [0.2, 0.25) is 5.95 Å². The van der Waals surface area contributed by atoms with Crippen molar-refractivity contribution in [2.45, 2.75) is 32.1 Å². The van der Waals surface area contributed by atoms with Crippen LogP contribution >= 0.6 is 0 Å². The summed E-state index contributed by atoms with van der Waals surface area (Å²) in [7, 11) is 0. The van der Waals surface area contributed by atoms with Crippen molar-refractivity contribution in [3.05, 3.63) is 41.7 Å². The first kappa shape index (κ1) is 15.7. The van der Waals surface area contributed by atoms with E-state index < -0.39 is 0 Å². The Labute approximate surface area is 146 Å². The van der Waals surface area contributed by atoms with E-state index in [1.165, 1.54) is 18.4 Å². The third-order valence-corrected chi connectivity index (χ3v) is 4.86. The number of nitrogen functional groups attached to an aromatic ring is 2. The predicted molar refractivity (Wildman–Crippen MR) is 99.5 cm³/mol. The minimum absolute atomic E-state index is 0.139. The van der Waals surface area contributed by atoms with Crippen LogP contribution in [0.15, 0.2) is 30.6 Å². The highest BCUT2D eigenvalue weighted by atomic mass is 16.5. The molecule has 0 bridgehead atoms. The fourth-order valence-corrected chi connectivity index (χ4v) is 3.45. The third-order valence-electron chi connectivity index (χ3n) is 4.86. The summed E-state index contributed by atoms with van der Waals surface area (Å²) in [5.74, 6) is 2.44. The highest BCUT2D eigenvalue weighted by Crippen LogP contribution is 2.44. The smallest absolute Gasteiger partial charge is 0.221 e. The van der Waals surface area contributed by atoms with Crippen molar-refractivity contribution in [3.63, 3.8) is 0 Å². The largest absolute Gasteiger partial charge is 0.493 e. The molecule has 0 amide bonds. The molecule has 6 heteroatoms. The van der Waals surface area contributed by atoms with E-state index in [-0.39, 0.29) is 11.9 Å². The third kappa shape index (κ3) is 3.12. The van der Waals surface area contributed by atoms with E-state index in [1.807, 2.05) is 19.2 Å². The van der Waals surface area contributed by atoms with Crippen LogP contribution in [0, 0.1) is 5.92 Å². The van der Waals surface area contributed by atoms with Gasteiger partial charge in [0.1, 0.15) is 11.6 Å². The lowest BCUT2D eigenvalue weighted by molar-refractivity contribution is 0.344. The topological polar surface area (TPSA) is 103 Å². The highest BCUT2D eigenvalue weighted by molar-refractivity contribution is 5.87. The molecule has 2 heterocycles. The summed E-state index contributed by atoms with van der Waals surface area (Å²) in [6.07, 6.45) is 7.29. The molecule has 1 atom stereocenters. The number of H-pyrrole nitrogens is 1. The molecule has 130 valence electrons. The van der Waals surface area contributed by atoms with E-state index in [9.17, 15) is 0 Å². The first-order valence-electron chi connectivity index (χ1n) is 8.77. The van der Waals surface area contributed by atoms with Crippen LogP contribution in [0.1, 0.15) is 43.2 Å². The molecule has 6 nitrogen and oxygen atoms in total. The van der Waals surface area contributed by atoms with E-state index in [1.54, 1.807) is 6.20 Å². The molecule has 0 spiro atoms. The average molecular weight is 337 g/mol. The molecule has 2 aromatic heterocycles. The van der Waals surface area contributed by atoms with Crippen LogP contribution in [0.3, 0.4) is 0 Å². The number of hydrogen-bond acceptors (Lipinski definition) is 5. The predicted octanol–water partition coefficient (Wildman–Crippen LogP) is 3.45. The summed E-state index contributed by atoms with van der Waals surface area (Å²) >= 11 is 0. The number of nitrogens with zero attached hydrogens (tertiary/aromatic N) is 2. The molecule has 1 saturated carbocycles. The zero-order valence-electron chi connectivity index (χ0n) is 14.3. The number of ether oxygens (including phenoxy) is 1. The Kier molecular flexibility index (Phi) is 3.95. The molecule has 1 aromatic carbocycles. The van der Waals surface area contributed by atoms with Crippen molar-refractivity contribution in [2.75, 3.05) is 18.1 Å². The number of hydrogen-bond donors (Lipinski definition) is 3. The van der Waals surface area contributed by atoms with Crippen molar-refractivity contribution in [3.8, 4) is 5.75 Å². The number of aromatic nitrogens is 3. The molecule has 1 unspecified atom stereocenters. The van der Waals surface area contributed by atoms with Gasteiger partial charge in [0.05, 0.1) is 6.61 Å². The summed E-state index contributed by atoms with van der Waals surface area (Å²) in [5.41, 5.74) is 15.0. The Morgan fingerprint density at radius 3 is 2.88 bits per heavy atom. The number of benzene rings is 1. The summed E-state index contributed by atoms with van der Waals surface area (Å²) in [4.78, 5) is 11.6. The van der Waals surface area contributed by atoms with Gasteiger partial charge in [0.25, 0.3) is 0 Å². The lowest BCUT2D eigenvalue weighted by Gasteiger charge is -2.20. The summed E-state index contributed by atoms with van der Waals surface area (Å²) in [6, 6.07) is 6.35. The molecule has 0 radical (unpaired) electrons. The molecule has 1 aliphatic rings. The van der Waals surface area contributed by atoms with Crippen LogP contribution in [0.2, 0.25) is 0 Å². The Hall–Kier alpha value is -2.76. The quantitative estimate of drug-likeness (QED) is 0.639. The van der Waals surface area contributed by atoms with Gasteiger partial charge in [-0.2, -0.15) is 4.98 Å². The molecule has 25 heavy (non-hydrogen) atoms. The van der Waals surface area contributed by atoms with Gasteiger partial charge in [-0.1, -0.05) is 12.8 Å². The Bertz CT molecular complexity index is 900. The fourth-order valence-electron chi connectivity index (χ4n) is 3.45. The number of aromatic amines is 1. The van der Waals surface area contributed by atoms with Crippen molar-refractivity contribution < 1.29 is 4.74 Å². The van der Waals surface area contributed by atoms with Crippen molar-refractivity contribution >= 4 is 22.7 Å². The molecule has 1 aliphatic carbocycles. The molecule has 0 aliphatic heterocycles. The van der Waals surface area contributed by atoms with Gasteiger partial charge in [-0.3, -0.25) is 0 Å².